The topological polar surface area (TPSA) is 56.1 Å². The van der Waals surface area contributed by atoms with E-state index in [0.29, 0.717) is 17.5 Å². The zero-order valence-corrected chi connectivity index (χ0v) is 14.8. The third-order valence-corrected chi connectivity index (χ3v) is 3.86. The summed E-state index contributed by atoms with van der Waals surface area (Å²) in [5.74, 6) is 0.0503. The molecule has 1 N–H and O–H groups in total. The van der Waals surface area contributed by atoms with E-state index in [-0.39, 0.29) is 22.7 Å². The van der Waals surface area contributed by atoms with Crippen LogP contribution >= 0.6 is 23.2 Å². The Labute approximate surface area is 145 Å². The van der Waals surface area contributed by atoms with Gasteiger partial charge in [0.2, 0.25) is 5.88 Å². The van der Waals surface area contributed by atoms with E-state index in [0.717, 1.165) is 12.0 Å². The van der Waals surface area contributed by atoms with Gasteiger partial charge in [-0.05, 0) is 31.0 Å². The van der Waals surface area contributed by atoms with Crippen LogP contribution < -0.4 is 10.1 Å². The third kappa shape index (κ3) is 4.18. The van der Waals surface area contributed by atoms with Gasteiger partial charge < -0.3 is 10.1 Å². The fraction of sp³-hybridized carbons (Fsp3) is 0.375. The summed E-state index contributed by atoms with van der Waals surface area (Å²) >= 11 is 12.0. The number of nitrogens with one attached hydrogen (secondary N) is 1. The quantitative estimate of drug-likeness (QED) is 0.851. The number of carbonyl (C=O) groups is 1. The number of ether oxygens (including phenoxy) is 1. The molecule has 0 aliphatic carbocycles. The molecule has 7 heteroatoms. The number of halogens is 2. The van der Waals surface area contributed by atoms with E-state index in [4.69, 9.17) is 27.9 Å². The number of benzene rings is 1. The Balaban J connectivity index is 2.18. The Bertz CT molecular complexity index is 683. The molecular formula is C16H19Cl2N3O2. The van der Waals surface area contributed by atoms with Crippen LogP contribution in [0.3, 0.4) is 0 Å². The van der Waals surface area contributed by atoms with Crippen molar-refractivity contribution < 1.29 is 9.53 Å². The predicted molar refractivity (Wildman–Crippen MR) is 91.3 cm³/mol. The van der Waals surface area contributed by atoms with Crippen LogP contribution in [0.4, 0.5) is 0 Å². The van der Waals surface area contributed by atoms with Crippen LogP contribution in [-0.2, 0) is 7.05 Å². The van der Waals surface area contributed by atoms with Crippen molar-refractivity contribution in [3.63, 3.8) is 0 Å². The lowest BCUT2D eigenvalue weighted by atomic mass is 10.1. The van der Waals surface area contributed by atoms with Crippen molar-refractivity contribution in [3.8, 4) is 5.88 Å². The van der Waals surface area contributed by atoms with Gasteiger partial charge in [0.1, 0.15) is 5.56 Å². The Hall–Kier alpha value is -1.72. The highest BCUT2D eigenvalue weighted by molar-refractivity contribution is 6.33. The predicted octanol–water partition coefficient (Wildman–Crippen LogP) is 4.01. The zero-order chi connectivity index (χ0) is 17.0. The van der Waals surface area contributed by atoms with Gasteiger partial charge in [-0.2, -0.15) is 5.10 Å². The van der Waals surface area contributed by atoms with Gasteiger partial charge in [0.15, 0.2) is 5.15 Å². The summed E-state index contributed by atoms with van der Waals surface area (Å²) in [5, 5.41) is 7.73. The summed E-state index contributed by atoms with van der Waals surface area (Å²) in [7, 11) is 1.69. The monoisotopic (exact) mass is 355 g/mol. The smallest absolute Gasteiger partial charge is 0.260 e. The molecule has 1 heterocycles. The highest BCUT2D eigenvalue weighted by atomic mass is 35.5. The van der Waals surface area contributed by atoms with Crippen LogP contribution in [-0.4, -0.2) is 22.3 Å². The molecule has 2 rings (SSSR count). The van der Waals surface area contributed by atoms with Crippen LogP contribution in [0.15, 0.2) is 24.3 Å². The molecule has 0 aliphatic heterocycles. The number of nitrogens with zero attached hydrogens (tertiary/aromatic N) is 2. The molecule has 124 valence electrons. The van der Waals surface area contributed by atoms with E-state index in [1.54, 1.807) is 19.2 Å². The molecule has 0 bridgehead atoms. The molecule has 0 saturated heterocycles. The van der Waals surface area contributed by atoms with Gasteiger partial charge in [-0.25, -0.2) is 4.68 Å². The fourth-order valence-electron chi connectivity index (χ4n) is 2.14. The van der Waals surface area contributed by atoms with Crippen LogP contribution in [0.1, 0.15) is 42.2 Å². The van der Waals surface area contributed by atoms with E-state index in [1.165, 1.54) is 4.68 Å². The molecule has 1 aromatic heterocycles. The van der Waals surface area contributed by atoms with E-state index in [2.05, 4.69) is 10.4 Å². The second-order valence-electron chi connectivity index (χ2n) is 5.19. The summed E-state index contributed by atoms with van der Waals surface area (Å²) in [6.07, 6.45) is 0.824. The summed E-state index contributed by atoms with van der Waals surface area (Å²) < 4.78 is 7.07. The molecule has 2 aromatic rings. The van der Waals surface area contributed by atoms with Gasteiger partial charge in [0.05, 0.1) is 12.6 Å². The summed E-state index contributed by atoms with van der Waals surface area (Å²) in [4.78, 5) is 12.6. The van der Waals surface area contributed by atoms with E-state index >= 15 is 0 Å². The molecule has 23 heavy (non-hydrogen) atoms. The minimum atomic E-state index is -0.323. The standard InChI is InChI=1S/C16H19Cl2N3O2/c1-4-9-23-16-13(14(18)20-21(16)3)15(22)19-10(2)11-5-7-12(17)8-6-11/h5-8,10H,4,9H2,1-3H3,(H,19,22)/t10-/m0/s1. The molecule has 1 amide bonds. The molecule has 1 aromatic carbocycles. The van der Waals surface area contributed by atoms with Crippen molar-refractivity contribution in [3.05, 3.63) is 45.6 Å². The van der Waals surface area contributed by atoms with Crippen LogP contribution in [0, 0.1) is 0 Å². The van der Waals surface area contributed by atoms with E-state index in [9.17, 15) is 4.79 Å². The first-order valence-electron chi connectivity index (χ1n) is 7.35. The highest BCUT2D eigenvalue weighted by Gasteiger charge is 2.24. The van der Waals surface area contributed by atoms with Gasteiger partial charge in [-0.3, -0.25) is 4.79 Å². The number of amides is 1. The second kappa shape index (κ2) is 7.70. The van der Waals surface area contributed by atoms with Crippen molar-refractivity contribution in [1.29, 1.82) is 0 Å². The number of aromatic nitrogens is 2. The minimum absolute atomic E-state index is 0.124. The molecule has 0 saturated carbocycles. The lowest BCUT2D eigenvalue weighted by molar-refractivity contribution is 0.0935. The van der Waals surface area contributed by atoms with Crippen molar-refractivity contribution in [1.82, 2.24) is 15.1 Å². The zero-order valence-electron chi connectivity index (χ0n) is 13.3. The Morgan fingerprint density at radius 3 is 2.61 bits per heavy atom. The van der Waals surface area contributed by atoms with Gasteiger partial charge in [0, 0.05) is 12.1 Å². The fourth-order valence-corrected chi connectivity index (χ4v) is 2.54. The second-order valence-corrected chi connectivity index (χ2v) is 5.98. The molecule has 0 aliphatic rings. The first-order valence-corrected chi connectivity index (χ1v) is 8.11. The SMILES string of the molecule is CCCOc1c(C(=O)N[C@@H](C)c2ccc(Cl)cc2)c(Cl)nn1C. The maximum Gasteiger partial charge on any atom is 0.260 e. The van der Waals surface area contributed by atoms with Crippen LogP contribution in [0.2, 0.25) is 10.2 Å². The number of hydrogen-bond donors (Lipinski definition) is 1. The average molecular weight is 356 g/mol. The summed E-state index contributed by atoms with van der Waals surface area (Å²) in [5.41, 5.74) is 1.20. The molecule has 0 unspecified atom stereocenters. The first kappa shape index (κ1) is 17.6. The Morgan fingerprint density at radius 1 is 1.35 bits per heavy atom. The average Bonchev–Trinajstić information content (AvgIpc) is 2.79. The largest absolute Gasteiger partial charge is 0.477 e. The van der Waals surface area contributed by atoms with Crippen LogP contribution in [0.5, 0.6) is 5.88 Å². The van der Waals surface area contributed by atoms with Gasteiger partial charge in [-0.1, -0.05) is 42.3 Å². The maximum atomic E-state index is 12.6. The normalized spacial score (nSPS) is 12.0. The number of carbonyl (C=O) groups excluding carboxylic acids is 1. The Morgan fingerprint density at radius 2 is 2.00 bits per heavy atom. The number of rotatable bonds is 6. The van der Waals surface area contributed by atoms with Crippen molar-refractivity contribution in [2.75, 3.05) is 6.61 Å². The Kier molecular flexibility index (Phi) is 5.91. The lowest BCUT2D eigenvalue weighted by Crippen LogP contribution is -2.27. The minimum Gasteiger partial charge on any atom is -0.477 e. The van der Waals surface area contributed by atoms with Crippen molar-refractivity contribution in [2.24, 2.45) is 7.05 Å². The molecule has 1 atom stereocenters. The summed E-state index contributed by atoms with van der Waals surface area (Å²) in [6.45, 7) is 4.36. The van der Waals surface area contributed by atoms with Gasteiger partial charge in [0.25, 0.3) is 5.91 Å². The third-order valence-electron chi connectivity index (χ3n) is 3.34. The van der Waals surface area contributed by atoms with Gasteiger partial charge >= 0.3 is 0 Å². The molecule has 5 nitrogen and oxygen atoms in total. The number of aryl methyl sites for hydroxylation is 1. The molecule has 0 fully saturated rings. The lowest BCUT2D eigenvalue weighted by Gasteiger charge is -2.15. The van der Waals surface area contributed by atoms with Crippen molar-refractivity contribution >= 4 is 29.1 Å². The summed E-state index contributed by atoms with van der Waals surface area (Å²) in [6, 6.07) is 7.10. The maximum absolute atomic E-state index is 12.6. The first-order chi connectivity index (χ1) is 10.9. The van der Waals surface area contributed by atoms with Gasteiger partial charge in [-0.15, -0.1) is 0 Å². The molecular weight excluding hydrogens is 337 g/mol. The van der Waals surface area contributed by atoms with E-state index in [1.807, 2.05) is 26.0 Å². The van der Waals surface area contributed by atoms with Crippen molar-refractivity contribution in [2.45, 2.75) is 26.3 Å². The molecule has 0 spiro atoms. The van der Waals surface area contributed by atoms with Crippen LogP contribution in [0.25, 0.3) is 0 Å². The van der Waals surface area contributed by atoms with E-state index < -0.39 is 0 Å². The highest BCUT2D eigenvalue weighted by Crippen LogP contribution is 2.27. The molecule has 0 radical (unpaired) electrons. The number of hydrogen-bond acceptors (Lipinski definition) is 3.